The summed E-state index contributed by atoms with van der Waals surface area (Å²) in [5.74, 6) is 0. The van der Waals surface area contributed by atoms with Crippen molar-refractivity contribution in [3.8, 4) is 0 Å². The summed E-state index contributed by atoms with van der Waals surface area (Å²) in [5.41, 5.74) is 0. The monoisotopic (exact) mass is 150 g/mol. The van der Waals surface area contributed by atoms with Crippen molar-refractivity contribution in [1.29, 1.82) is 0 Å². The predicted molar refractivity (Wildman–Crippen MR) is 30.2 cm³/mol. The second-order valence-corrected chi connectivity index (χ2v) is 1.23. The zero-order valence-corrected chi connectivity index (χ0v) is 6.26. The minimum Gasteiger partial charge on any atom is -1.00 e. The summed E-state index contributed by atoms with van der Waals surface area (Å²) in [4.78, 5) is 0. The number of aromatic amines is 1. The summed E-state index contributed by atoms with van der Waals surface area (Å²) in [5, 5.41) is 11.3. The molecule has 4 nitrogen and oxygen atoms in total. The van der Waals surface area contributed by atoms with Crippen LogP contribution in [-0.2, 0) is 0 Å². The Labute approximate surface area is 60.5 Å². The van der Waals surface area contributed by atoms with E-state index in [0.29, 0.717) is 0 Å². The summed E-state index contributed by atoms with van der Waals surface area (Å²) >= 11 is 0. The maximum atomic E-state index is 3.49. The molecule has 0 saturated heterocycles. The quantitative estimate of drug-likeness (QED) is 0.393. The number of halogens is 1. The SMILES string of the molecule is C[NH2+]C.[Cl-].c1cn[nH]n1. The summed E-state index contributed by atoms with van der Waals surface area (Å²) in [7, 11) is 4.00. The molecule has 0 atom stereocenters. The molecule has 0 amide bonds. The van der Waals surface area contributed by atoms with Gasteiger partial charge < -0.3 is 17.7 Å². The second-order valence-electron chi connectivity index (χ2n) is 1.23. The van der Waals surface area contributed by atoms with Gasteiger partial charge in [-0.05, 0) is 0 Å². The van der Waals surface area contributed by atoms with Gasteiger partial charge in [0.25, 0.3) is 0 Å². The molecule has 3 N–H and O–H groups in total. The first kappa shape index (κ1) is 11.2. The van der Waals surface area contributed by atoms with Crippen molar-refractivity contribution < 1.29 is 17.7 Å². The van der Waals surface area contributed by atoms with E-state index in [9.17, 15) is 0 Å². The fraction of sp³-hybridized carbons (Fsp3) is 0.500. The Kier molecular flexibility index (Phi) is 13.0. The molecule has 0 spiro atoms. The molecule has 0 bridgehead atoms. The highest BCUT2D eigenvalue weighted by Gasteiger charge is 1.57. The van der Waals surface area contributed by atoms with Crippen molar-refractivity contribution in [3.63, 3.8) is 0 Å². The van der Waals surface area contributed by atoms with Crippen LogP contribution in [0.15, 0.2) is 12.4 Å². The van der Waals surface area contributed by atoms with Gasteiger partial charge in [0.15, 0.2) is 0 Å². The topological polar surface area (TPSA) is 58.2 Å². The molecule has 5 heteroatoms. The van der Waals surface area contributed by atoms with Crippen molar-refractivity contribution in [2.75, 3.05) is 14.1 Å². The van der Waals surface area contributed by atoms with Gasteiger partial charge in [-0.1, -0.05) is 0 Å². The van der Waals surface area contributed by atoms with Gasteiger partial charge in [-0.15, -0.1) is 0 Å². The highest BCUT2D eigenvalue weighted by Crippen LogP contribution is 1.55. The van der Waals surface area contributed by atoms with E-state index in [2.05, 4.69) is 15.4 Å². The normalized spacial score (nSPS) is 6.44. The van der Waals surface area contributed by atoms with E-state index in [1.807, 2.05) is 19.4 Å². The maximum Gasteiger partial charge on any atom is 0.0690 e. The van der Waals surface area contributed by atoms with Gasteiger partial charge in [0, 0.05) is 0 Å². The average Bonchev–Trinajstić information content (AvgIpc) is 2.17. The molecule has 0 aliphatic heterocycles. The fourth-order valence-electron chi connectivity index (χ4n) is 0.167. The Bertz CT molecular complexity index is 79.5. The Morgan fingerprint density at radius 2 is 1.56 bits per heavy atom. The third-order valence-electron chi connectivity index (χ3n) is 0.331. The van der Waals surface area contributed by atoms with Crippen LogP contribution in [0.5, 0.6) is 0 Å². The zero-order chi connectivity index (χ0) is 6.24. The number of hydrogen-bond acceptors (Lipinski definition) is 2. The van der Waals surface area contributed by atoms with Crippen molar-refractivity contribution in [1.82, 2.24) is 15.4 Å². The fourth-order valence-corrected chi connectivity index (χ4v) is 0.167. The van der Waals surface area contributed by atoms with Gasteiger partial charge in [0.05, 0.1) is 26.5 Å². The van der Waals surface area contributed by atoms with Crippen LogP contribution in [0.3, 0.4) is 0 Å². The minimum absolute atomic E-state index is 0. The first-order valence-corrected chi connectivity index (χ1v) is 2.45. The van der Waals surface area contributed by atoms with E-state index >= 15 is 0 Å². The zero-order valence-electron chi connectivity index (χ0n) is 5.50. The molecule has 0 aliphatic carbocycles. The molecule has 0 unspecified atom stereocenters. The average molecular weight is 151 g/mol. The molecule has 0 aromatic carbocycles. The summed E-state index contributed by atoms with van der Waals surface area (Å²) in [6.45, 7) is 0. The van der Waals surface area contributed by atoms with Crippen molar-refractivity contribution in [3.05, 3.63) is 12.4 Å². The van der Waals surface area contributed by atoms with Crippen LogP contribution in [0, 0.1) is 0 Å². The molecule has 1 aromatic rings. The first-order chi connectivity index (χ1) is 3.91. The molecule has 0 radical (unpaired) electrons. The van der Waals surface area contributed by atoms with Crippen LogP contribution in [0.1, 0.15) is 0 Å². The maximum absolute atomic E-state index is 3.49. The van der Waals surface area contributed by atoms with Crippen molar-refractivity contribution >= 4 is 0 Å². The molecule has 0 aliphatic rings. The number of nitrogens with one attached hydrogen (secondary N) is 1. The third-order valence-corrected chi connectivity index (χ3v) is 0.331. The van der Waals surface area contributed by atoms with Crippen LogP contribution < -0.4 is 17.7 Å². The number of hydrogen-bond donors (Lipinski definition) is 2. The number of nitrogens with zero attached hydrogens (tertiary/aromatic N) is 2. The van der Waals surface area contributed by atoms with Crippen LogP contribution in [-0.4, -0.2) is 29.5 Å². The summed E-state index contributed by atoms with van der Waals surface area (Å²) < 4.78 is 0. The van der Waals surface area contributed by atoms with E-state index in [4.69, 9.17) is 0 Å². The molecule has 1 aromatic heterocycles. The van der Waals surface area contributed by atoms with Gasteiger partial charge in [0.2, 0.25) is 0 Å². The van der Waals surface area contributed by atoms with E-state index in [-0.39, 0.29) is 12.4 Å². The predicted octanol–water partition coefficient (Wildman–Crippen LogP) is -4.38. The molecule has 0 saturated carbocycles. The summed E-state index contributed by atoms with van der Waals surface area (Å²) in [6.07, 6.45) is 3.17. The number of aromatic nitrogens is 3. The minimum atomic E-state index is 0. The Morgan fingerprint density at radius 1 is 1.22 bits per heavy atom. The Morgan fingerprint density at radius 3 is 1.67 bits per heavy atom. The third kappa shape index (κ3) is 11.1. The smallest absolute Gasteiger partial charge is 0.0690 e. The lowest BCUT2D eigenvalue weighted by Crippen LogP contribution is -3.00. The van der Waals surface area contributed by atoms with Gasteiger partial charge in [-0.2, -0.15) is 15.4 Å². The van der Waals surface area contributed by atoms with Crippen LogP contribution >= 0.6 is 0 Å². The number of rotatable bonds is 0. The number of H-pyrrole nitrogens is 1. The molecule has 1 rings (SSSR count). The number of nitrogens with two attached hydrogens (primary N) is 1. The van der Waals surface area contributed by atoms with Gasteiger partial charge in [-0.25, -0.2) is 0 Å². The van der Waals surface area contributed by atoms with Crippen molar-refractivity contribution in [2.45, 2.75) is 0 Å². The lowest BCUT2D eigenvalue weighted by Gasteiger charge is -1.57. The lowest BCUT2D eigenvalue weighted by molar-refractivity contribution is -0.597. The molecular weight excluding hydrogens is 140 g/mol. The van der Waals surface area contributed by atoms with E-state index in [0.717, 1.165) is 0 Å². The lowest BCUT2D eigenvalue weighted by atomic mass is 11.0. The van der Waals surface area contributed by atoms with E-state index in [1.165, 1.54) is 0 Å². The van der Waals surface area contributed by atoms with Crippen LogP contribution in [0.4, 0.5) is 0 Å². The summed E-state index contributed by atoms with van der Waals surface area (Å²) in [6, 6.07) is 0. The number of quaternary nitrogens is 1. The van der Waals surface area contributed by atoms with Gasteiger partial charge >= 0.3 is 0 Å². The first-order valence-electron chi connectivity index (χ1n) is 2.45. The molecule has 9 heavy (non-hydrogen) atoms. The highest BCUT2D eigenvalue weighted by atomic mass is 35.5. The molecular formula is C4H11ClN4. The second kappa shape index (κ2) is 10.4. The van der Waals surface area contributed by atoms with Crippen LogP contribution in [0.25, 0.3) is 0 Å². The molecule has 0 fully saturated rings. The Balaban J connectivity index is 0. The largest absolute Gasteiger partial charge is 1.00 e. The van der Waals surface area contributed by atoms with E-state index in [1.54, 1.807) is 12.4 Å². The van der Waals surface area contributed by atoms with Gasteiger partial charge in [-0.3, -0.25) is 0 Å². The molecule has 1 heterocycles. The standard InChI is InChI=1S/C2H3N3.C2H7N.ClH/c1-2-4-5-3-1;1-3-2;/h1-2H,(H,3,4,5);3H,1-2H3;1H. The molecule has 54 valence electrons. The Hall–Kier alpha value is -0.610. The highest BCUT2D eigenvalue weighted by molar-refractivity contribution is 4.54. The van der Waals surface area contributed by atoms with Crippen molar-refractivity contribution in [2.24, 2.45) is 0 Å². The van der Waals surface area contributed by atoms with E-state index < -0.39 is 0 Å². The van der Waals surface area contributed by atoms with Gasteiger partial charge in [0.1, 0.15) is 0 Å². The van der Waals surface area contributed by atoms with Crippen LogP contribution in [0.2, 0.25) is 0 Å².